The predicted molar refractivity (Wildman–Crippen MR) is 98.7 cm³/mol. The number of nitrogens with zero attached hydrogens (tertiary/aromatic N) is 1. The van der Waals surface area contributed by atoms with E-state index in [2.05, 4.69) is 10.3 Å². The minimum atomic E-state index is -0.725. The quantitative estimate of drug-likeness (QED) is 0.648. The Kier molecular flexibility index (Phi) is 5.04. The van der Waals surface area contributed by atoms with Crippen LogP contribution < -0.4 is 10.1 Å². The van der Waals surface area contributed by atoms with Crippen molar-refractivity contribution in [2.75, 3.05) is 0 Å². The van der Waals surface area contributed by atoms with Crippen molar-refractivity contribution in [1.82, 2.24) is 10.3 Å². The Morgan fingerprint density at radius 3 is 2.68 bits per heavy atom. The first-order valence-corrected chi connectivity index (χ1v) is 9.50. The molecule has 0 bridgehead atoms. The van der Waals surface area contributed by atoms with Crippen LogP contribution in [-0.4, -0.2) is 16.9 Å². The number of carbonyl (C=O) groups excluding carboxylic acids is 1. The molecule has 0 unspecified atom stereocenters. The van der Waals surface area contributed by atoms with E-state index < -0.39 is 17.5 Å². The molecule has 0 aliphatic heterocycles. The lowest BCUT2D eigenvalue weighted by atomic mass is 10.2. The van der Waals surface area contributed by atoms with Gasteiger partial charge in [0.25, 0.3) is 5.91 Å². The van der Waals surface area contributed by atoms with Gasteiger partial charge >= 0.3 is 0 Å². The third kappa shape index (κ3) is 4.17. The fraction of sp³-hybridized carbons (Fsp3) is 0.200. The molecule has 1 saturated carbocycles. The van der Waals surface area contributed by atoms with E-state index in [0.29, 0.717) is 5.01 Å². The summed E-state index contributed by atoms with van der Waals surface area (Å²) in [6, 6.07) is 7.59. The predicted octanol–water partition coefficient (Wildman–Crippen LogP) is 4.70. The smallest absolute Gasteiger partial charge is 0.270 e. The van der Waals surface area contributed by atoms with Gasteiger partial charge in [0, 0.05) is 34.7 Å². The van der Waals surface area contributed by atoms with Crippen molar-refractivity contribution in [1.29, 1.82) is 0 Å². The number of nitrogens with one attached hydrogen (secondary N) is 1. The summed E-state index contributed by atoms with van der Waals surface area (Å²) in [6.07, 6.45) is 1.95. The van der Waals surface area contributed by atoms with Crippen molar-refractivity contribution < 1.29 is 22.7 Å². The summed E-state index contributed by atoms with van der Waals surface area (Å²) in [4.78, 5) is 16.2. The maximum Gasteiger partial charge on any atom is 0.270 e. The molecule has 0 spiro atoms. The van der Waals surface area contributed by atoms with Crippen LogP contribution in [0, 0.1) is 17.5 Å². The van der Waals surface area contributed by atoms with Gasteiger partial charge < -0.3 is 10.1 Å². The molecule has 1 amide bonds. The van der Waals surface area contributed by atoms with Gasteiger partial charge in [-0.2, -0.15) is 0 Å². The van der Waals surface area contributed by atoms with Crippen LogP contribution in [-0.2, 0) is 6.61 Å². The number of hydrogen-bond acceptors (Lipinski definition) is 4. The monoisotopic (exact) mass is 404 g/mol. The van der Waals surface area contributed by atoms with Crippen molar-refractivity contribution in [2.45, 2.75) is 25.5 Å². The highest BCUT2D eigenvalue weighted by molar-refractivity contribution is 7.13. The van der Waals surface area contributed by atoms with E-state index in [0.717, 1.165) is 25.0 Å². The van der Waals surface area contributed by atoms with Crippen LogP contribution in [0.15, 0.2) is 41.8 Å². The summed E-state index contributed by atoms with van der Waals surface area (Å²) >= 11 is 1.17. The Labute approximate surface area is 163 Å². The Hall–Kier alpha value is -2.87. The molecule has 3 aromatic rings. The van der Waals surface area contributed by atoms with Crippen molar-refractivity contribution in [3.8, 4) is 16.3 Å². The first kappa shape index (κ1) is 18.5. The second kappa shape index (κ2) is 7.63. The number of halogens is 3. The van der Waals surface area contributed by atoms with E-state index in [1.54, 1.807) is 5.38 Å². The molecule has 0 atom stereocenters. The molecule has 28 heavy (non-hydrogen) atoms. The van der Waals surface area contributed by atoms with Gasteiger partial charge in [-0.1, -0.05) is 0 Å². The standard InChI is InChI=1S/C20H15F3N2O2S/c21-12-2-1-11(16(22)7-12)9-27-14-5-6-15(17(23)8-14)20-25-18(10-28-20)19(26)24-13-3-4-13/h1-2,5-8,10,13H,3-4,9H2,(H,24,26). The highest BCUT2D eigenvalue weighted by atomic mass is 32.1. The number of amides is 1. The Balaban J connectivity index is 1.45. The third-order valence-corrected chi connectivity index (χ3v) is 5.11. The second-order valence-electron chi connectivity index (χ2n) is 6.45. The fourth-order valence-corrected chi connectivity index (χ4v) is 3.37. The van der Waals surface area contributed by atoms with Crippen LogP contribution in [0.25, 0.3) is 10.6 Å². The number of carbonyl (C=O) groups is 1. The summed E-state index contributed by atoms with van der Waals surface area (Å²) in [5.41, 5.74) is 0.673. The zero-order chi connectivity index (χ0) is 19.7. The van der Waals surface area contributed by atoms with Crippen LogP contribution in [0.4, 0.5) is 13.2 Å². The Morgan fingerprint density at radius 2 is 1.96 bits per heavy atom. The summed E-state index contributed by atoms with van der Waals surface area (Å²) in [6.45, 7) is -0.159. The molecule has 1 fully saturated rings. The maximum absolute atomic E-state index is 14.5. The molecular formula is C20H15F3N2O2S. The first-order valence-electron chi connectivity index (χ1n) is 8.62. The number of rotatable bonds is 6. The van der Waals surface area contributed by atoms with E-state index in [1.165, 1.54) is 35.6 Å². The highest BCUT2D eigenvalue weighted by Gasteiger charge is 2.25. The number of thiazole rings is 1. The van der Waals surface area contributed by atoms with E-state index in [-0.39, 0.29) is 41.1 Å². The van der Waals surface area contributed by atoms with Crippen molar-refractivity contribution in [2.24, 2.45) is 0 Å². The van der Waals surface area contributed by atoms with E-state index >= 15 is 0 Å². The molecule has 1 aliphatic carbocycles. The van der Waals surface area contributed by atoms with Crippen molar-refractivity contribution in [3.63, 3.8) is 0 Å². The van der Waals surface area contributed by atoms with Crippen LogP contribution in [0.5, 0.6) is 5.75 Å². The largest absolute Gasteiger partial charge is 0.489 e. The van der Waals surface area contributed by atoms with E-state index in [9.17, 15) is 18.0 Å². The highest BCUT2D eigenvalue weighted by Crippen LogP contribution is 2.30. The molecule has 1 N–H and O–H groups in total. The lowest BCUT2D eigenvalue weighted by Crippen LogP contribution is -2.25. The molecule has 0 saturated heterocycles. The zero-order valence-corrected chi connectivity index (χ0v) is 15.4. The topological polar surface area (TPSA) is 51.2 Å². The number of benzene rings is 2. The molecule has 8 heteroatoms. The van der Waals surface area contributed by atoms with Crippen molar-refractivity contribution in [3.05, 3.63) is 70.5 Å². The first-order chi connectivity index (χ1) is 13.5. The van der Waals surface area contributed by atoms with E-state index in [1.807, 2.05) is 0 Å². The van der Waals surface area contributed by atoms with Gasteiger partial charge in [0.15, 0.2) is 0 Å². The Morgan fingerprint density at radius 1 is 1.14 bits per heavy atom. The molecule has 1 heterocycles. The van der Waals surface area contributed by atoms with Gasteiger partial charge in [0.05, 0.1) is 0 Å². The maximum atomic E-state index is 14.5. The normalized spacial score (nSPS) is 13.4. The molecule has 4 rings (SSSR count). The summed E-state index contributed by atoms with van der Waals surface area (Å²) < 4.78 is 46.4. The second-order valence-corrected chi connectivity index (χ2v) is 7.31. The number of aromatic nitrogens is 1. The lowest BCUT2D eigenvalue weighted by molar-refractivity contribution is 0.0947. The summed E-state index contributed by atoms with van der Waals surface area (Å²) in [5.74, 6) is -2.03. The average Bonchev–Trinajstić information content (AvgIpc) is 3.33. The minimum Gasteiger partial charge on any atom is -0.489 e. The fourth-order valence-electron chi connectivity index (χ4n) is 2.55. The molecule has 2 aromatic carbocycles. The van der Waals surface area contributed by atoms with Gasteiger partial charge in [-0.25, -0.2) is 18.2 Å². The molecule has 1 aliphatic rings. The van der Waals surface area contributed by atoms with E-state index in [4.69, 9.17) is 4.74 Å². The minimum absolute atomic E-state index is 0.159. The SMILES string of the molecule is O=C(NC1CC1)c1csc(-c2ccc(OCc3ccc(F)cc3F)cc2F)n1. The van der Waals surface area contributed by atoms with Gasteiger partial charge in [-0.05, 0) is 37.1 Å². The van der Waals surface area contributed by atoms with Gasteiger partial charge in [-0.3, -0.25) is 4.79 Å². The Bertz CT molecular complexity index is 1030. The number of ether oxygens (including phenoxy) is 1. The van der Waals surface area contributed by atoms with Crippen LogP contribution in [0.1, 0.15) is 28.9 Å². The van der Waals surface area contributed by atoms with Gasteiger partial charge in [0.2, 0.25) is 0 Å². The summed E-state index contributed by atoms with van der Waals surface area (Å²) in [7, 11) is 0. The summed E-state index contributed by atoms with van der Waals surface area (Å²) in [5, 5.41) is 4.81. The molecule has 144 valence electrons. The lowest BCUT2D eigenvalue weighted by Gasteiger charge is -2.08. The zero-order valence-electron chi connectivity index (χ0n) is 14.5. The number of hydrogen-bond donors (Lipinski definition) is 1. The van der Waals surface area contributed by atoms with Crippen LogP contribution in [0.2, 0.25) is 0 Å². The van der Waals surface area contributed by atoms with Crippen molar-refractivity contribution >= 4 is 17.2 Å². The van der Waals surface area contributed by atoms with Gasteiger partial charge in [0.1, 0.15) is 40.5 Å². The van der Waals surface area contributed by atoms with Crippen LogP contribution >= 0.6 is 11.3 Å². The molecule has 0 radical (unpaired) electrons. The molecule has 1 aromatic heterocycles. The van der Waals surface area contributed by atoms with Crippen LogP contribution in [0.3, 0.4) is 0 Å². The van der Waals surface area contributed by atoms with Gasteiger partial charge in [-0.15, -0.1) is 11.3 Å². The molecule has 4 nitrogen and oxygen atoms in total. The third-order valence-electron chi connectivity index (χ3n) is 4.23. The molecular weight excluding hydrogens is 389 g/mol. The average molecular weight is 404 g/mol.